The molecular formula is C43H58N2. The summed E-state index contributed by atoms with van der Waals surface area (Å²) in [6, 6.07) is 31.2. The zero-order chi connectivity index (χ0) is 31.7. The van der Waals surface area contributed by atoms with E-state index < -0.39 is 0 Å². The molecule has 45 heavy (non-hydrogen) atoms. The molecule has 0 aliphatic rings. The molecule has 240 valence electrons. The van der Waals surface area contributed by atoms with E-state index in [1.54, 1.807) is 0 Å². The lowest BCUT2D eigenvalue weighted by Gasteiger charge is -2.07. The fourth-order valence-corrected chi connectivity index (χ4v) is 6.42. The van der Waals surface area contributed by atoms with Gasteiger partial charge in [-0.05, 0) is 109 Å². The summed E-state index contributed by atoms with van der Waals surface area (Å²) in [6.45, 7) is 4.17. The summed E-state index contributed by atoms with van der Waals surface area (Å²) in [5.41, 5.74) is 24.4. The Morgan fingerprint density at radius 1 is 0.333 bits per heavy atom. The van der Waals surface area contributed by atoms with Crippen LogP contribution in [0.15, 0.2) is 84.9 Å². The number of rotatable bonds is 20. The summed E-state index contributed by atoms with van der Waals surface area (Å²) in [5, 5.41) is 0. The first-order valence-electron chi connectivity index (χ1n) is 17.8. The molecule has 0 aromatic heterocycles. The molecule has 2 nitrogen and oxygen atoms in total. The van der Waals surface area contributed by atoms with Crippen LogP contribution in [0.25, 0.3) is 0 Å². The molecule has 0 spiro atoms. The topological polar surface area (TPSA) is 52.0 Å². The highest BCUT2D eigenvalue weighted by atomic mass is 14.6. The summed E-state index contributed by atoms with van der Waals surface area (Å²) < 4.78 is 0. The van der Waals surface area contributed by atoms with Crippen molar-refractivity contribution in [3.05, 3.63) is 129 Å². The highest BCUT2D eigenvalue weighted by Crippen LogP contribution is 2.20. The fraction of sp³-hybridized carbons (Fsp3) is 0.442. The maximum atomic E-state index is 5.96. The van der Waals surface area contributed by atoms with Crippen LogP contribution in [0.5, 0.6) is 0 Å². The van der Waals surface area contributed by atoms with Gasteiger partial charge in [0.1, 0.15) is 0 Å². The maximum Gasteiger partial charge on any atom is 0.0343 e. The van der Waals surface area contributed by atoms with Gasteiger partial charge >= 0.3 is 0 Å². The third-order valence-electron chi connectivity index (χ3n) is 9.46. The molecule has 4 aromatic carbocycles. The molecule has 0 aliphatic carbocycles. The van der Waals surface area contributed by atoms with Crippen molar-refractivity contribution in [2.75, 3.05) is 11.5 Å². The van der Waals surface area contributed by atoms with Crippen LogP contribution in [0.4, 0.5) is 11.4 Å². The van der Waals surface area contributed by atoms with E-state index in [0.717, 1.165) is 24.2 Å². The molecule has 4 aromatic rings. The van der Waals surface area contributed by atoms with Gasteiger partial charge in [0, 0.05) is 11.4 Å². The Kier molecular flexibility index (Phi) is 14.6. The van der Waals surface area contributed by atoms with Gasteiger partial charge in [-0.3, -0.25) is 0 Å². The number of aryl methyl sites for hydroxylation is 4. The Morgan fingerprint density at radius 2 is 0.600 bits per heavy atom. The van der Waals surface area contributed by atoms with Gasteiger partial charge in [0.15, 0.2) is 0 Å². The number of hydrogen-bond donors (Lipinski definition) is 2. The summed E-state index contributed by atoms with van der Waals surface area (Å²) >= 11 is 0. The molecular weight excluding hydrogens is 544 g/mol. The molecule has 0 bridgehead atoms. The van der Waals surface area contributed by atoms with Gasteiger partial charge < -0.3 is 11.5 Å². The second-order valence-corrected chi connectivity index (χ2v) is 13.5. The van der Waals surface area contributed by atoms with E-state index in [-0.39, 0.29) is 0 Å². The van der Waals surface area contributed by atoms with Crippen molar-refractivity contribution in [2.45, 2.75) is 123 Å². The Morgan fingerprint density at radius 3 is 0.911 bits per heavy atom. The minimum absolute atomic E-state index is 0.877. The highest BCUT2D eigenvalue weighted by molar-refractivity contribution is 5.49. The van der Waals surface area contributed by atoms with Crippen LogP contribution in [0.3, 0.4) is 0 Å². The third kappa shape index (κ3) is 12.8. The first kappa shape index (κ1) is 34.4. The molecule has 0 saturated heterocycles. The molecule has 4 N–H and O–H groups in total. The van der Waals surface area contributed by atoms with E-state index in [2.05, 4.69) is 86.6 Å². The number of nitrogens with two attached hydrogens (primary N) is 2. The molecule has 0 fully saturated rings. The summed E-state index contributed by atoms with van der Waals surface area (Å²) in [5.74, 6) is 0. The normalized spacial score (nSPS) is 11.2. The van der Waals surface area contributed by atoms with Crippen molar-refractivity contribution in [1.29, 1.82) is 0 Å². The second kappa shape index (κ2) is 19.1. The summed E-state index contributed by atoms with van der Waals surface area (Å²) in [6.07, 6.45) is 22.4. The van der Waals surface area contributed by atoms with Gasteiger partial charge in [0.25, 0.3) is 0 Å². The molecule has 4 rings (SSSR count). The summed E-state index contributed by atoms with van der Waals surface area (Å²) in [4.78, 5) is 0. The lowest BCUT2D eigenvalue weighted by Crippen LogP contribution is -1.94. The average Bonchev–Trinajstić information content (AvgIpc) is 3.04. The molecule has 0 atom stereocenters. The van der Waals surface area contributed by atoms with Crippen molar-refractivity contribution < 1.29 is 0 Å². The van der Waals surface area contributed by atoms with Crippen molar-refractivity contribution in [1.82, 2.24) is 0 Å². The van der Waals surface area contributed by atoms with Crippen molar-refractivity contribution in [3.63, 3.8) is 0 Å². The van der Waals surface area contributed by atoms with Gasteiger partial charge in [-0.1, -0.05) is 143 Å². The standard InChI is InChI=1S/C43H58N2/c1-34-30-40(26-28-42(34)44)32-38-22-18-36(19-23-38)16-14-12-10-8-6-4-3-5-7-9-11-13-15-17-37-20-24-39(25-21-37)33-41-27-29-43(45)35(2)31-41/h18-31H,3-17,32-33,44-45H2,1-2H3. The van der Waals surface area contributed by atoms with Gasteiger partial charge in [0.05, 0.1) is 0 Å². The SMILES string of the molecule is Cc1cc(Cc2ccc(CCCCCCCCCCCCCCCc3ccc(Cc4ccc(N)c(C)c4)cc3)cc2)ccc1N. The zero-order valence-electron chi connectivity index (χ0n) is 28.3. The number of unbranched alkanes of at least 4 members (excludes halogenated alkanes) is 12. The summed E-state index contributed by atoms with van der Waals surface area (Å²) in [7, 11) is 0. The largest absolute Gasteiger partial charge is 0.399 e. The minimum Gasteiger partial charge on any atom is -0.399 e. The highest BCUT2D eigenvalue weighted by Gasteiger charge is 2.03. The predicted molar refractivity (Wildman–Crippen MR) is 197 cm³/mol. The van der Waals surface area contributed by atoms with Crippen LogP contribution in [-0.2, 0) is 25.7 Å². The van der Waals surface area contributed by atoms with Crippen molar-refractivity contribution in [3.8, 4) is 0 Å². The number of nitrogen functional groups attached to an aromatic ring is 2. The van der Waals surface area contributed by atoms with Gasteiger partial charge in [-0.15, -0.1) is 0 Å². The van der Waals surface area contributed by atoms with E-state index in [1.165, 1.54) is 141 Å². The molecule has 0 unspecified atom stereocenters. The van der Waals surface area contributed by atoms with Gasteiger partial charge in [-0.25, -0.2) is 0 Å². The molecule has 0 heterocycles. The van der Waals surface area contributed by atoms with Crippen LogP contribution in [-0.4, -0.2) is 0 Å². The Labute approximate surface area is 274 Å². The van der Waals surface area contributed by atoms with E-state index in [0.29, 0.717) is 0 Å². The van der Waals surface area contributed by atoms with E-state index in [9.17, 15) is 0 Å². The smallest absolute Gasteiger partial charge is 0.0343 e. The van der Waals surface area contributed by atoms with Gasteiger partial charge in [0.2, 0.25) is 0 Å². The van der Waals surface area contributed by atoms with Crippen LogP contribution in [0.2, 0.25) is 0 Å². The molecule has 2 heteroatoms. The zero-order valence-corrected chi connectivity index (χ0v) is 28.3. The van der Waals surface area contributed by atoms with Crippen LogP contribution < -0.4 is 11.5 Å². The monoisotopic (exact) mass is 602 g/mol. The Hall–Kier alpha value is -3.52. The van der Waals surface area contributed by atoms with Crippen molar-refractivity contribution >= 4 is 11.4 Å². The molecule has 0 amide bonds. The number of benzene rings is 4. The van der Waals surface area contributed by atoms with Gasteiger partial charge in [-0.2, -0.15) is 0 Å². The Balaban J connectivity index is 0.926. The first-order valence-corrected chi connectivity index (χ1v) is 17.8. The first-order chi connectivity index (χ1) is 22.0. The molecule has 0 saturated carbocycles. The average molecular weight is 603 g/mol. The van der Waals surface area contributed by atoms with Crippen LogP contribution >= 0.6 is 0 Å². The fourth-order valence-electron chi connectivity index (χ4n) is 6.42. The lowest BCUT2D eigenvalue weighted by molar-refractivity contribution is 0.536. The number of anilines is 2. The van der Waals surface area contributed by atoms with E-state index >= 15 is 0 Å². The quantitative estimate of drug-likeness (QED) is 0.0781. The Bertz CT molecular complexity index is 1290. The maximum absolute atomic E-state index is 5.96. The lowest BCUT2D eigenvalue weighted by atomic mass is 9.99. The minimum atomic E-state index is 0.877. The predicted octanol–water partition coefficient (Wildman–Crippen LogP) is 11.5. The molecule has 0 aliphatic heterocycles. The van der Waals surface area contributed by atoms with Crippen molar-refractivity contribution in [2.24, 2.45) is 0 Å². The second-order valence-electron chi connectivity index (χ2n) is 13.5. The van der Waals surface area contributed by atoms with Crippen LogP contribution in [0, 0.1) is 13.8 Å². The van der Waals surface area contributed by atoms with Crippen LogP contribution in [0.1, 0.15) is 128 Å². The molecule has 0 radical (unpaired) electrons. The van der Waals surface area contributed by atoms with E-state index in [4.69, 9.17) is 11.5 Å². The third-order valence-corrected chi connectivity index (χ3v) is 9.46. The van der Waals surface area contributed by atoms with E-state index in [1.807, 2.05) is 12.1 Å². The number of hydrogen-bond acceptors (Lipinski definition) is 2.